The summed E-state index contributed by atoms with van der Waals surface area (Å²) in [6.45, 7) is 0.477. The van der Waals surface area contributed by atoms with Crippen LogP contribution in [0.4, 0.5) is 5.82 Å². The number of nitrogens with zero attached hydrogens (tertiary/aromatic N) is 1. The molecule has 0 aliphatic carbocycles. The predicted octanol–water partition coefficient (Wildman–Crippen LogP) is 2.76. The molecular weight excluding hydrogens is 212 g/mol. The summed E-state index contributed by atoms with van der Waals surface area (Å²) in [5, 5.41) is 0. The van der Waals surface area contributed by atoms with Crippen molar-refractivity contribution < 1.29 is 4.74 Å². The van der Waals surface area contributed by atoms with Gasteiger partial charge in [0, 0.05) is 6.20 Å². The first kappa shape index (κ1) is 11.2. The van der Waals surface area contributed by atoms with Crippen LogP contribution in [-0.2, 0) is 0 Å². The Morgan fingerprint density at radius 3 is 2.71 bits per heavy atom. The molecule has 3 heteroatoms. The molecule has 0 fully saturated rings. The highest BCUT2D eigenvalue weighted by molar-refractivity contribution is 5.49. The van der Waals surface area contributed by atoms with Crippen molar-refractivity contribution in [2.75, 3.05) is 12.3 Å². The van der Waals surface area contributed by atoms with E-state index in [1.54, 1.807) is 18.3 Å². The molecule has 0 radical (unpaired) electrons. The third kappa shape index (κ3) is 3.34. The van der Waals surface area contributed by atoms with Crippen molar-refractivity contribution >= 4 is 11.9 Å². The highest BCUT2D eigenvalue weighted by atomic mass is 16.5. The largest absolute Gasteiger partial charge is 0.486 e. The summed E-state index contributed by atoms with van der Waals surface area (Å²) in [6, 6.07) is 13.7. The number of hydrogen-bond donors (Lipinski definition) is 1. The Bertz CT molecular complexity index is 495. The molecule has 2 aromatic rings. The van der Waals surface area contributed by atoms with Crippen LogP contribution >= 0.6 is 0 Å². The Hall–Kier alpha value is -2.29. The van der Waals surface area contributed by atoms with Crippen molar-refractivity contribution in [3.63, 3.8) is 0 Å². The molecule has 1 heterocycles. The second-order valence-corrected chi connectivity index (χ2v) is 3.51. The number of pyridine rings is 1. The van der Waals surface area contributed by atoms with Crippen molar-refractivity contribution in [2.45, 2.75) is 0 Å². The van der Waals surface area contributed by atoms with Crippen LogP contribution in [-0.4, -0.2) is 11.6 Å². The lowest BCUT2D eigenvalue weighted by Crippen LogP contribution is -1.99. The van der Waals surface area contributed by atoms with E-state index in [0.29, 0.717) is 18.2 Å². The summed E-state index contributed by atoms with van der Waals surface area (Å²) >= 11 is 0. The average molecular weight is 226 g/mol. The number of aromatic nitrogens is 1. The molecule has 0 saturated carbocycles. The summed E-state index contributed by atoms with van der Waals surface area (Å²) < 4.78 is 5.48. The van der Waals surface area contributed by atoms with Gasteiger partial charge >= 0.3 is 0 Å². The fraction of sp³-hybridized carbons (Fsp3) is 0.0714. The first-order valence-electron chi connectivity index (χ1n) is 5.41. The highest BCUT2D eigenvalue weighted by Crippen LogP contribution is 2.16. The molecule has 17 heavy (non-hydrogen) atoms. The zero-order chi connectivity index (χ0) is 11.9. The van der Waals surface area contributed by atoms with Gasteiger partial charge < -0.3 is 10.5 Å². The molecule has 0 unspecified atom stereocenters. The summed E-state index contributed by atoms with van der Waals surface area (Å²) in [7, 11) is 0. The maximum absolute atomic E-state index is 5.65. The number of anilines is 1. The van der Waals surface area contributed by atoms with Crippen LogP contribution < -0.4 is 10.5 Å². The van der Waals surface area contributed by atoms with E-state index in [2.05, 4.69) is 4.98 Å². The molecule has 0 saturated heterocycles. The minimum Gasteiger partial charge on any atom is -0.486 e. The van der Waals surface area contributed by atoms with Crippen LogP contribution in [0, 0.1) is 0 Å². The zero-order valence-electron chi connectivity index (χ0n) is 9.41. The summed E-state index contributed by atoms with van der Waals surface area (Å²) in [4.78, 5) is 3.94. The van der Waals surface area contributed by atoms with Crippen molar-refractivity contribution in [1.82, 2.24) is 4.98 Å². The minimum absolute atomic E-state index is 0.417. The second-order valence-electron chi connectivity index (χ2n) is 3.51. The molecule has 0 spiro atoms. The number of hydrogen-bond acceptors (Lipinski definition) is 3. The van der Waals surface area contributed by atoms with E-state index in [4.69, 9.17) is 10.5 Å². The lowest BCUT2D eigenvalue weighted by molar-refractivity contribution is 0.364. The quantitative estimate of drug-likeness (QED) is 0.872. The van der Waals surface area contributed by atoms with Gasteiger partial charge in [-0.25, -0.2) is 4.98 Å². The lowest BCUT2D eigenvalue weighted by Gasteiger charge is -2.04. The van der Waals surface area contributed by atoms with Crippen LogP contribution in [0.15, 0.2) is 54.7 Å². The Morgan fingerprint density at radius 1 is 1.12 bits per heavy atom. The first-order chi connectivity index (χ1) is 8.36. The molecule has 0 aliphatic rings. The number of nitrogens with two attached hydrogens (primary N) is 1. The van der Waals surface area contributed by atoms with Gasteiger partial charge in [0.1, 0.15) is 6.61 Å². The number of rotatable bonds is 4. The summed E-state index contributed by atoms with van der Waals surface area (Å²) in [5.74, 6) is 1.03. The van der Waals surface area contributed by atoms with E-state index in [9.17, 15) is 0 Å². The normalized spacial score (nSPS) is 10.6. The fourth-order valence-electron chi connectivity index (χ4n) is 1.41. The number of nitrogen functional groups attached to an aromatic ring is 1. The molecule has 2 N–H and O–H groups in total. The van der Waals surface area contributed by atoms with E-state index in [-0.39, 0.29) is 0 Å². The van der Waals surface area contributed by atoms with Gasteiger partial charge in [0.25, 0.3) is 0 Å². The van der Waals surface area contributed by atoms with Crippen molar-refractivity contribution in [2.24, 2.45) is 0 Å². The first-order valence-corrected chi connectivity index (χ1v) is 5.41. The Morgan fingerprint density at radius 2 is 1.94 bits per heavy atom. The van der Waals surface area contributed by atoms with Crippen LogP contribution in [0.25, 0.3) is 6.08 Å². The number of ether oxygens (including phenoxy) is 1. The van der Waals surface area contributed by atoms with Gasteiger partial charge in [-0.3, -0.25) is 0 Å². The van der Waals surface area contributed by atoms with Gasteiger partial charge in [0.2, 0.25) is 0 Å². The third-order valence-corrected chi connectivity index (χ3v) is 2.24. The molecule has 0 atom stereocenters. The molecular formula is C14H14N2O. The molecule has 0 bridgehead atoms. The van der Waals surface area contributed by atoms with Gasteiger partial charge in [-0.1, -0.05) is 36.4 Å². The average Bonchev–Trinajstić information content (AvgIpc) is 2.38. The van der Waals surface area contributed by atoms with Gasteiger partial charge in [0.05, 0.1) is 0 Å². The molecule has 1 aromatic heterocycles. The molecule has 86 valence electrons. The van der Waals surface area contributed by atoms with Gasteiger partial charge in [-0.2, -0.15) is 0 Å². The van der Waals surface area contributed by atoms with E-state index >= 15 is 0 Å². The maximum Gasteiger partial charge on any atom is 0.166 e. The molecule has 0 amide bonds. The van der Waals surface area contributed by atoms with Gasteiger partial charge in [-0.05, 0) is 23.8 Å². The Kier molecular flexibility index (Phi) is 3.76. The molecule has 0 aliphatic heterocycles. The van der Waals surface area contributed by atoms with Crippen molar-refractivity contribution in [1.29, 1.82) is 0 Å². The monoisotopic (exact) mass is 226 g/mol. The van der Waals surface area contributed by atoms with Crippen LogP contribution in [0.2, 0.25) is 0 Å². The molecule has 3 nitrogen and oxygen atoms in total. The van der Waals surface area contributed by atoms with Gasteiger partial charge in [0.15, 0.2) is 11.6 Å². The summed E-state index contributed by atoms with van der Waals surface area (Å²) in [6.07, 6.45) is 5.59. The van der Waals surface area contributed by atoms with Crippen molar-refractivity contribution in [3.8, 4) is 5.75 Å². The van der Waals surface area contributed by atoms with E-state index in [1.165, 1.54) is 0 Å². The lowest BCUT2D eigenvalue weighted by atomic mass is 10.2. The minimum atomic E-state index is 0.417. The second kappa shape index (κ2) is 5.70. The van der Waals surface area contributed by atoms with Crippen molar-refractivity contribution in [3.05, 3.63) is 60.3 Å². The van der Waals surface area contributed by atoms with Crippen LogP contribution in [0.1, 0.15) is 5.56 Å². The topological polar surface area (TPSA) is 48.1 Å². The SMILES string of the molecule is Nc1ncccc1OCC=Cc1ccccc1. The van der Waals surface area contributed by atoms with Crippen LogP contribution in [0.3, 0.4) is 0 Å². The third-order valence-electron chi connectivity index (χ3n) is 2.24. The molecule has 1 aromatic carbocycles. The Labute approximate surface area is 101 Å². The van der Waals surface area contributed by atoms with Gasteiger partial charge in [-0.15, -0.1) is 0 Å². The standard InChI is InChI=1S/C14H14N2O/c15-14-13(9-4-10-16-14)17-11-5-8-12-6-2-1-3-7-12/h1-10H,11H2,(H2,15,16). The smallest absolute Gasteiger partial charge is 0.166 e. The highest BCUT2D eigenvalue weighted by Gasteiger charge is 1.97. The maximum atomic E-state index is 5.65. The van der Waals surface area contributed by atoms with E-state index in [1.807, 2.05) is 42.5 Å². The van der Waals surface area contributed by atoms with E-state index in [0.717, 1.165) is 5.56 Å². The fourth-order valence-corrected chi connectivity index (χ4v) is 1.41. The number of benzene rings is 1. The molecule has 2 rings (SSSR count). The summed E-state index contributed by atoms with van der Waals surface area (Å²) in [5.41, 5.74) is 6.80. The predicted molar refractivity (Wildman–Crippen MR) is 69.6 cm³/mol. The Balaban J connectivity index is 1.88. The van der Waals surface area contributed by atoms with E-state index < -0.39 is 0 Å². The zero-order valence-corrected chi connectivity index (χ0v) is 9.41. The van der Waals surface area contributed by atoms with Crippen LogP contribution in [0.5, 0.6) is 5.75 Å².